The Morgan fingerprint density at radius 1 is 0.568 bits per heavy atom. The zero-order chi connectivity index (χ0) is 26.5. The number of hydrogen-bond donors (Lipinski definition) is 1. The highest BCUT2D eigenvalue weighted by atomic mass is 31.2. The van der Waals surface area contributed by atoms with E-state index in [0.29, 0.717) is 0 Å². The minimum absolute atomic E-state index is 0.276. The summed E-state index contributed by atoms with van der Waals surface area (Å²) in [6, 6.07) is 25.7. The van der Waals surface area contributed by atoms with Crippen LogP contribution in [0.2, 0.25) is 0 Å². The fraction of sp³-hybridized carbons (Fsp3) is 0.387. The number of carboxylic acid groups (broad SMARTS) is 1. The van der Waals surface area contributed by atoms with E-state index in [2.05, 4.69) is 72.8 Å². The van der Waals surface area contributed by atoms with Crippen molar-refractivity contribution >= 4 is 29.1 Å². The smallest absolute Gasteiger partial charge is 0.303 e. The van der Waals surface area contributed by atoms with E-state index in [-0.39, 0.29) is 6.42 Å². The topological polar surface area (TPSA) is 65.0 Å². The number of carboxylic acids is 1. The molecule has 0 saturated carbocycles. The van der Waals surface area contributed by atoms with Crippen LogP contribution in [0.4, 0.5) is 0 Å². The fourth-order valence-corrected chi connectivity index (χ4v) is 9.19. The summed E-state index contributed by atoms with van der Waals surface area (Å²) >= 11 is 0. The molecule has 0 aliphatic carbocycles. The second-order valence-electron chi connectivity index (χ2n) is 9.25. The number of methoxy groups -OCH3 is 3. The van der Waals surface area contributed by atoms with Crippen molar-refractivity contribution in [3.8, 4) is 17.2 Å². The molecule has 0 radical (unpaired) electrons. The number of aliphatic carboxylic acids is 1. The maximum atomic E-state index is 10.7. The van der Waals surface area contributed by atoms with Gasteiger partial charge in [-0.25, -0.2) is 0 Å². The minimum Gasteiger partial charge on any atom is -0.497 e. The van der Waals surface area contributed by atoms with Crippen LogP contribution in [0.5, 0.6) is 17.2 Å². The second kappa shape index (κ2) is 14.6. The number of rotatable bonds is 16. The molecule has 0 spiro atoms. The molecule has 0 aliphatic rings. The fourth-order valence-electron chi connectivity index (χ4n) is 4.85. The van der Waals surface area contributed by atoms with Gasteiger partial charge in [0.05, 0.1) is 27.5 Å². The number of hydrogen-bond acceptors (Lipinski definition) is 4. The van der Waals surface area contributed by atoms with E-state index in [1.54, 1.807) is 21.3 Å². The van der Waals surface area contributed by atoms with Crippen LogP contribution >= 0.6 is 7.26 Å². The maximum Gasteiger partial charge on any atom is 0.303 e. The van der Waals surface area contributed by atoms with Gasteiger partial charge in [0, 0.05) is 6.42 Å². The molecule has 0 aromatic heterocycles. The molecule has 0 atom stereocenters. The highest BCUT2D eigenvalue weighted by Crippen LogP contribution is 2.56. The Labute approximate surface area is 222 Å². The maximum absolute atomic E-state index is 10.7. The van der Waals surface area contributed by atoms with Crippen LogP contribution in [0.3, 0.4) is 0 Å². The average molecular weight is 524 g/mol. The molecule has 1 N–H and O–H groups in total. The van der Waals surface area contributed by atoms with E-state index in [4.69, 9.17) is 19.3 Å². The lowest BCUT2D eigenvalue weighted by molar-refractivity contribution is -0.137. The number of unbranched alkanes of at least 4 members (excludes halogenated alkanes) is 6. The van der Waals surface area contributed by atoms with Crippen LogP contribution in [0.25, 0.3) is 0 Å². The van der Waals surface area contributed by atoms with Gasteiger partial charge in [-0.1, -0.05) is 25.7 Å². The van der Waals surface area contributed by atoms with Crippen molar-refractivity contribution in [1.82, 2.24) is 0 Å². The lowest BCUT2D eigenvalue weighted by atomic mass is 10.1. The van der Waals surface area contributed by atoms with Gasteiger partial charge in [-0.05, 0) is 92.1 Å². The van der Waals surface area contributed by atoms with Crippen molar-refractivity contribution in [3.63, 3.8) is 0 Å². The number of benzene rings is 3. The molecule has 6 heteroatoms. The quantitative estimate of drug-likeness (QED) is 0.179. The Kier molecular flexibility index (Phi) is 11.3. The van der Waals surface area contributed by atoms with Crippen molar-refractivity contribution in [2.45, 2.75) is 51.4 Å². The SMILES string of the molecule is COc1ccc([P+](CCCCCCCCCC(=O)O)(c2ccc(OC)cc2)c2ccc(OC)cc2)cc1. The lowest BCUT2D eigenvalue weighted by Gasteiger charge is -2.28. The molecule has 5 nitrogen and oxygen atoms in total. The molecule has 0 saturated heterocycles. The van der Waals surface area contributed by atoms with Gasteiger partial charge >= 0.3 is 5.97 Å². The third-order valence-corrected chi connectivity index (χ3v) is 11.4. The Hall–Kier alpha value is -3.04. The molecule has 0 unspecified atom stereocenters. The summed E-state index contributed by atoms with van der Waals surface area (Å²) in [6.07, 6.45) is 8.80. The zero-order valence-electron chi connectivity index (χ0n) is 22.3. The Bertz CT molecular complexity index is 962. The predicted octanol–water partition coefficient (Wildman–Crippen LogP) is 6.21. The van der Waals surface area contributed by atoms with E-state index in [0.717, 1.165) is 61.9 Å². The predicted molar refractivity (Wildman–Crippen MR) is 154 cm³/mol. The summed E-state index contributed by atoms with van der Waals surface area (Å²) in [5, 5.41) is 12.8. The molecule has 198 valence electrons. The lowest BCUT2D eigenvalue weighted by Crippen LogP contribution is -2.33. The standard InChI is InChI=1S/C31H39O5P/c1-34-25-12-18-28(19-13-25)37(29-20-14-26(35-2)15-21-29,30-22-16-27(36-3)17-23-30)24-10-8-6-4-5-7-9-11-31(32)33/h12-23H,4-11,24H2,1-3H3/p+1. The summed E-state index contributed by atoms with van der Waals surface area (Å²) in [6.45, 7) is 0. The third-order valence-electron chi connectivity index (χ3n) is 6.92. The molecule has 0 amide bonds. The Morgan fingerprint density at radius 2 is 0.892 bits per heavy atom. The van der Waals surface area contributed by atoms with Gasteiger partial charge in [0.25, 0.3) is 0 Å². The molecule has 0 aliphatic heterocycles. The molecule has 37 heavy (non-hydrogen) atoms. The van der Waals surface area contributed by atoms with Crippen LogP contribution in [-0.2, 0) is 4.79 Å². The van der Waals surface area contributed by atoms with Crippen LogP contribution in [-0.4, -0.2) is 38.6 Å². The molecule has 3 rings (SSSR count). The van der Waals surface area contributed by atoms with Crippen molar-refractivity contribution in [3.05, 3.63) is 72.8 Å². The summed E-state index contributed by atoms with van der Waals surface area (Å²) in [5.41, 5.74) is 0. The first kappa shape index (κ1) is 28.5. The number of ether oxygens (including phenoxy) is 3. The third kappa shape index (κ3) is 7.72. The van der Waals surface area contributed by atoms with Crippen LogP contribution in [0.15, 0.2) is 72.8 Å². The van der Waals surface area contributed by atoms with Gasteiger partial charge < -0.3 is 19.3 Å². The molecule has 3 aromatic rings. The Morgan fingerprint density at radius 3 is 1.22 bits per heavy atom. The molecular formula is C31H40O5P+. The summed E-state index contributed by atoms with van der Waals surface area (Å²) in [7, 11) is 3.15. The monoisotopic (exact) mass is 523 g/mol. The van der Waals surface area contributed by atoms with Crippen molar-refractivity contribution < 1.29 is 24.1 Å². The van der Waals surface area contributed by atoms with Crippen molar-refractivity contribution in [2.75, 3.05) is 27.5 Å². The molecule has 0 bridgehead atoms. The Balaban J connectivity index is 1.88. The largest absolute Gasteiger partial charge is 0.497 e. The van der Waals surface area contributed by atoms with E-state index in [1.807, 2.05) is 0 Å². The van der Waals surface area contributed by atoms with Crippen molar-refractivity contribution in [2.24, 2.45) is 0 Å². The summed E-state index contributed by atoms with van der Waals surface area (Å²) in [4.78, 5) is 10.7. The first-order valence-electron chi connectivity index (χ1n) is 13.1. The average Bonchev–Trinajstić information content (AvgIpc) is 2.94. The summed E-state index contributed by atoms with van der Waals surface area (Å²) < 4.78 is 16.4. The molecule has 0 fully saturated rings. The minimum atomic E-state index is -1.95. The van der Waals surface area contributed by atoms with E-state index >= 15 is 0 Å². The van der Waals surface area contributed by atoms with Crippen molar-refractivity contribution in [1.29, 1.82) is 0 Å². The van der Waals surface area contributed by atoms with Gasteiger partial charge in [-0.15, -0.1) is 0 Å². The molecular weight excluding hydrogens is 483 g/mol. The van der Waals surface area contributed by atoms with Gasteiger partial charge in [0.2, 0.25) is 0 Å². The van der Waals surface area contributed by atoms with Crippen LogP contribution < -0.4 is 30.1 Å². The highest BCUT2D eigenvalue weighted by molar-refractivity contribution is 7.95. The number of carbonyl (C=O) groups is 1. The zero-order valence-corrected chi connectivity index (χ0v) is 23.2. The van der Waals surface area contributed by atoms with Gasteiger partial charge in [-0.3, -0.25) is 4.79 Å². The first-order chi connectivity index (χ1) is 18.0. The van der Waals surface area contributed by atoms with Gasteiger partial charge in [0.1, 0.15) is 40.4 Å². The van der Waals surface area contributed by atoms with Crippen LogP contribution in [0, 0.1) is 0 Å². The normalized spacial score (nSPS) is 11.2. The second-order valence-corrected chi connectivity index (χ2v) is 12.9. The van der Waals surface area contributed by atoms with Gasteiger partial charge in [-0.2, -0.15) is 0 Å². The highest BCUT2D eigenvalue weighted by Gasteiger charge is 2.44. The first-order valence-corrected chi connectivity index (χ1v) is 15.0. The van der Waals surface area contributed by atoms with Gasteiger partial charge in [0.15, 0.2) is 0 Å². The molecule has 3 aromatic carbocycles. The summed E-state index contributed by atoms with van der Waals surface area (Å²) in [5.74, 6) is 1.87. The van der Waals surface area contributed by atoms with E-state index < -0.39 is 13.2 Å². The molecule has 0 heterocycles. The van der Waals surface area contributed by atoms with E-state index in [9.17, 15) is 4.79 Å². The van der Waals surface area contributed by atoms with E-state index in [1.165, 1.54) is 22.3 Å². The van der Waals surface area contributed by atoms with Crippen LogP contribution in [0.1, 0.15) is 51.4 Å².